The lowest BCUT2D eigenvalue weighted by Gasteiger charge is -2.06. The van der Waals surface area contributed by atoms with Gasteiger partial charge in [0.2, 0.25) is 5.96 Å². The van der Waals surface area contributed by atoms with Crippen molar-refractivity contribution in [3.63, 3.8) is 0 Å². The molecule has 0 radical (unpaired) electrons. The van der Waals surface area contributed by atoms with Gasteiger partial charge in [0.1, 0.15) is 0 Å². The predicted octanol–water partition coefficient (Wildman–Crippen LogP) is 1.42. The van der Waals surface area contributed by atoms with E-state index in [1.54, 1.807) is 0 Å². The summed E-state index contributed by atoms with van der Waals surface area (Å²) in [6.45, 7) is 10.3. The van der Waals surface area contributed by atoms with Crippen molar-refractivity contribution in [1.29, 1.82) is 5.26 Å². The Hall–Kier alpha value is -1.28. The van der Waals surface area contributed by atoms with Gasteiger partial charge in [0.15, 0.2) is 6.19 Å². The highest BCUT2D eigenvalue weighted by Gasteiger charge is 1.96. The first kappa shape index (κ1) is 18.1. The summed E-state index contributed by atoms with van der Waals surface area (Å²) in [4.78, 5) is 4.24. The van der Waals surface area contributed by atoms with Gasteiger partial charge in [-0.15, -0.1) is 0 Å². The van der Waals surface area contributed by atoms with Crippen LogP contribution in [-0.4, -0.2) is 25.6 Å². The lowest BCUT2D eigenvalue weighted by Crippen LogP contribution is -2.37. The molecule has 0 amide bonds. The van der Waals surface area contributed by atoms with Crippen LogP contribution in [0, 0.1) is 17.4 Å². The molecular weight excluding hydrogens is 214 g/mol. The van der Waals surface area contributed by atoms with Crippen molar-refractivity contribution in [3.05, 3.63) is 0 Å². The Bertz CT molecular complexity index is 217. The van der Waals surface area contributed by atoms with Crippen molar-refractivity contribution in [3.8, 4) is 6.19 Å². The van der Waals surface area contributed by atoms with Crippen LogP contribution in [0.25, 0.3) is 0 Å². The first-order valence-corrected chi connectivity index (χ1v) is 6.34. The van der Waals surface area contributed by atoms with E-state index in [4.69, 9.17) is 11.0 Å². The fourth-order valence-electron chi connectivity index (χ4n) is 1.07. The van der Waals surface area contributed by atoms with E-state index in [0.717, 1.165) is 19.4 Å². The molecule has 0 aromatic rings. The minimum atomic E-state index is 0.520. The Balaban J connectivity index is 0. The minimum absolute atomic E-state index is 0.520. The lowest BCUT2D eigenvalue weighted by molar-refractivity contribution is 0.561. The summed E-state index contributed by atoms with van der Waals surface area (Å²) >= 11 is 0. The molecule has 0 bridgehead atoms. The molecule has 0 aliphatic carbocycles. The summed E-state index contributed by atoms with van der Waals surface area (Å²) in [7, 11) is 0. The topological polar surface area (TPSA) is 86.2 Å². The number of hydrogen-bond donors (Lipinski definition) is 3. The van der Waals surface area contributed by atoms with Crippen LogP contribution in [0.2, 0.25) is 0 Å². The van der Waals surface area contributed by atoms with E-state index < -0.39 is 0 Å². The Kier molecular flexibility index (Phi) is 15.7. The van der Waals surface area contributed by atoms with E-state index in [-0.39, 0.29) is 0 Å². The average molecular weight is 241 g/mol. The van der Waals surface area contributed by atoms with E-state index in [0.29, 0.717) is 25.0 Å². The third kappa shape index (κ3) is 14.7. The van der Waals surface area contributed by atoms with Crippen LogP contribution in [0.4, 0.5) is 0 Å². The molecule has 4 N–H and O–H groups in total. The standard InChI is InChI=1S/C10H21N5.C2H6/c1-9(2)4-3-6-13-10(15-8-12)14-7-5-11;1-2/h9H,3-7,11H2,1-2H3,(H2,13,14,15);1-2H3. The first-order chi connectivity index (χ1) is 8.20. The van der Waals surface area contributed by atoms with Gasteiger partial charge in [-0.25, -0.2) is 0 Å². The van der Waals surface area contributed by atoms with Crippen molar-refractivity contribution in [2.24, 2.45) is 16.6 Å². The highest BCUT2D eigenvalue weighted by Crippen LogP contribution is 2.02. The van der Waals surface area contributed by atoms with Crippen molar-refractivity contribution in [2.45, 2.75) is 40.5 Å². The quantitative estimate of drug-likeness (QED) is 0.216. The normalized spacial score (nSPS) is 10.3. The maximum absolute atomic E-state index is 8.47. The zero-order valence-electron chi connectivity index (χ0n) is 11.6. The lowest BCUT2D eigenvalue weighted by atomic mass is 10.1. The molecule has 100 valence electrons. The number of nitrogens with one attached hydrogen (secondary N) is 2. The molecule has 0 rings (SSSR count). The number of nitrogens with zero attached hydrogens (tertiary/aromatic N) is 2. The second kappa shape index (κ2) is 14.7. The largest absolute Gasteiger partial charge is 0.354 e. The molecule has 5 nitrogen and oxygen atoms in total. The van der Waals surface area contributed by atoms with E-state index >= 15 is 0 Å². The molecule has 0 unspecified atom stereocenters. The third-order valence-electron chi connectivity index (χ3n) is 1.82. The summed E-state index contributed by atoms with van der Waals surface area (Å²) in [6.07, 6.45) is 4.04. The number of nitriles is 1. The summed E-state index contributed by atoms with van der Waals surface area (Å²) < 4.78 is 0. The number of nitrogens with two attached hydrogens (primary N) is 1. The van der Waals surface area contributed by atoms with E-state index in [1.807, 2.05) is 20.0 Å². The van der Waals surface area contributed by atoms with Gasteiger partial charge in [-0.2, -0.15) is 5.26 Å². The van der Waals surface area contributed by atoms with Crippen LogP contribution in [0.3, 0.4) is 0 Å². The van der Waals surface area contributed by atoms with Crippen LogP contribution in [0.5, 0.6) is 0 Å². The molecule has 0 aromatic carbocycles. The molecule has 5 heteroatoms. The van der Waals surface area contributed by atoms with Crippen molar-refractivity contribution in [1.82, 2.24) is 10.6 Å². The van der Waals surface area contributed by atoms with Gasteiger partial charge in [0.05, 0.1) is 0 Å². The molecule has 0 saturated carbocycles. The summed E-state index contributed by atoms with van der Waals surface area (Å²) in [5, 5.41) is 13.9. The van der Waals surface area contributed by atoms with E-state index in [2.05, 4.69) is 29.5 Å². The molecule has 0 aromatic heterocycles. The molecule has 0 saturated heterocycles. The summed E-state index contributed by atoms with van der Waals surface area (Å²) in [6, 6.07) is 0. The summed E-state index contributed by atoms with van der Waals surface area (Å²) in [5.41, 5.74) is 5.34. The van der Waals surface area contributed by atoms with Crippen LogP contribution < -0.4 is 16.4 Å². The molecule has 0 aliphatic heterocycles. The predicted molar refractivity (Wildman–Crippen MR) is 73.5 cm³/mol. The monoisotopic (exact) mass is 241 g/mol. The fourth-order valence-corrected chi connectivity index (χ4v) is 1.07. The molecule has 0 atom stereocenters. The van der Waals surface area contributed by atoms with Crippen LogP contribution in [-0.2, 0) is 0 Å². The van der Waals surface area contributed by atoms with E-state index in [9.17, 15) is 0 Å². The minimum Gasteiger partial charge on any atom is -0.354 e. The molecule has 0 fully saturated rings. The van der Waals surface area contributed by atoms with Gasteiger partial charge in [0.25, 0.3) is 0 Å². The number of aliphatic imine (C=N–C) groups is 1. The first-order valence-electron chi connectivity index (χ1n) is 6.34. The van der Waals surface area contributed by atoms with Crippen LogP contribution in [0.15, 0.2) is 4.99 Å². The second-order valence-corrected chi connectivity index (χ2v) is 3.72. The van der Waals surface area contributed by atoms with Gasteiger partial charge in [-0.05, 0) is 18.8 Å². The van der Waals surface area contributed by atoms with Crippen LogP contribution >= 0.6 is 0 Å². The molecule has 0 aliphatic rings. The zero-order chi connectivity index (χ0) is 13.5. The van der Waals surface area contributed by atoms with Crippen LogP contribution in [0.1, 0.15) is 40.5 Å². The number of hydrogen-bond acceptors (Lipinski definition) is 3. The SMILES string of the molecule is CC.CC(C)CCCN=C(NC#N)NCCN. The summed E-state index contributed by atoms with van der Waals surface area (Å²) in [5.74, 6) is 1.22. The average Bonchev–Trinajstić information content (AvgIpc) is 2.33. The Morgan fingerprint density at radius 2 is 2.06 bits per heavy atom. The van der Waals surface area contributed by atoms with E-state index in [1.165, 1.54) is 0 Å². The molecule has 0 heterocycles. The van der Waals surface area contributed by atoms with Gasteiger partial charge < -0.3 is 11.1 Å². The second-order valence-electron chi connectivity index (χ2n) is 3.72. The number of guanidine groups is 1. The van der Waals surface area contributed by atoms with Crippen molar-refractivity contribution < 1.29 is 0 Å². The molecule has 0 spiro atoms. The van der Waals surface area contributed by atoms with Gasteiger partial charge in [0, 0.05) is 19.6 Å². The smallest absolute Gasteiger partial charge is 0.204 e. The Morgan fingerprint density at radius 1 is 1.41 bits per heavy atom. The fraction of sp³-hybridized carbons (Fsp3) is 0.833. The zero-order valence-corrected chi connectivity index (χ0v) is 11.6. The Labute approximate surface area is 105 Å². The maximum atomic E-state index is 8.47. The number of rotatable bonds is 6. The Morgan fingerprint density at radius 3 is 2.53 bits per heavy atom. The highest BCUT2D eigenvalue weighted by molar-refractivity contribution is 5.81. The highest BCUT2D eigenvalue weighted by atomic mass is 15.2. The maximum Gasteiger partial charge on any atom is 0.204 e. The van der Waals surface area contributed by atoms with Gasteiger partial charge >= 0.3 is 0 Å². The molecular formula is C12H27N5. The van der Waals surface area contributed by atoms with Crippen molar-refractivity contribution >= 4 is 5.96 Å². The van der Waals surface area contributed by atoms with Gasteiger partial charge in [-0.3, -0.25) is 10.3 Å². The van der Waals surface area contributed by atoms with Crippen molar-refractivity contribution in [2.75, 3.05) is 19.6 Å². The third-order valence-corrected chi connectivity index (χ3v) is 1.82. The van der Waals surface area contributed by atoms with Gasteiger partial charge in [-0.1, -0.05) is 27.7 Å². The molecule has 17 heavy (non-hydrogen) atoms.